The van der Waals surface area contributed by atoms with E-state index in [4.69, 9.17) is 9.84 Å². The van der Waals surface area contributed by atoms with Crippen LogP contribution in [0.2, 0.25) is 0 Å². The molecular formula is C13H17NO3S. The molecule has 1 fully saturated rings. The summed E-state index contributed by atoms with van der Waals surface area (Å²) in [5.74, 6) is 0.603. The van der Waals surface area contributed by atoms with Crippen LogP contribution >= 0.6 is 11.8 Å². The second-order valence-corrected chi connectivity index (χ2v) is 5.61. The van der Waals surface area contributed by atoms with Gasteiger partial charge in [0.2, 0.25) is 0 Å². The number of nitrogens with one attached hydrogen (secondary N) is 1. The Morgan fingerprint density at radius 3 is 2.83 bits per heavy atom. The van der Waals surface area contributed by atoms with Crippen LogP contribution in [0.15, 0.2) is 24.3 Å². The van der Waals surface area contributed by atoms with Crippen molar-refractivity contribution in [2.75, 3.05) is 5.75 Å². The summed E-state index contributed by atoms with van der Waals surface area (Å²) < 4.78 is 5.75. The van der Waals surface area contributed by atoms with Gasteiger partial charge in [0.1, 0.15) is 11.8 Å². The second kappa shape index (κ2) is 5.63. The maximum atomic E-state index is 10.9. The van der Waals surface area contributed by atoms with Gasteiger partial charge in [0, 0.05) is 11.3 Å². The van der Waals surface area contributed by atoms with E-state index in [0.29, 0.717) is 5.75 Å². The Labute approximate surface area is 111 Å². The normalized spacial score (nSPS) is 23.3. The van der Waals surface area contributed by atoms with E-state index in [1.165, 1.54) is 0 Å². The van der Waals surface area contributed by atoms with Crippen molar-refractivity contribution in [1.82, 2.24) is 5.32 Å². The van der Waals surface area contributed by atoms with Crippen molar-refractivity contribution in [3.05, 3.63) is 29.8 Å². The third-order valence-corrected chi connectivity index (χ3v) is 3.89. The Kier molecular flexibility index (Phi) is 4.14. The SMILES string of the molecule is CC(C)Oc1ccccc1C1NC(C(=O)O)CS1. The Bertz CT molecular complexity index is 436. The summed E-state index contributed by atoms with van der Waals surface area (Å²) in [4.78, 5) is 10.9. The van der Waals surface area contributed by atoms with E-state index >= 15 is 0 Å². The zero-order valence-corrected chi connectivity index (χ0v) is 11.2. The van der Waals surface area contributed by atoms with E-state index in [1.807, 2.05) is 38.1 Å². The zero-order chi connectivity index (χ0) is 13.1. The molecule has 0 bridgehead atoms. The standard InChI is InChI=1S/C13H17NO3S/c1-8(2)17-11-6-4-3-5-9(11)12-14-10(7-18-12)13(15)16/h3-6,8,10,12,14H,7H2,1-2H3,(H,15,16). The predicted octanol–water partition coefficient (Wildman–Crippen LogP) is 2.26. The molecule has 1 aliphatic rings. The number of aliphatic carboxylic acids is 1. The first kappa shape index (κ1) is 13.2. The highest BCUT2D eigenvalue weighted by molar-refractivity contribution is 7.99. The van der Waals surface area contributed by atoms with Crippen molar-refractivity contribution in [2.24, 2.45) is 0 Å². The highest BCUT2D eigenvalue weighted by atomic mass is 32.2. The Hall–Kier alpha value is -1.20. The summed E-state index contributed by atoms with van der Waals surface area (Å²) in [6.45, 7) is 3.96. The van der Waals surface area contributed by atoms with E-state index in [2.05, 4.69) is 5.32 Å². The monoisotopic (exact) mass is 267 g/mol. The number of rotatable bonds is 4. The smallest absolute Gasteiger partial charge is 0.321 e. The van der Waals surface area contributed by atoms with Crippen molar-refractivity contribution < 1.29 is 14.6 Å². The molecule has 0 aromatic heterocycles. The number of hydrogen-bond acceptors (Lipinski definition) is 4. The van der Waals surface area contributed by atoms with Gasteiger partial charge in [-0.25, -0.2) is 0 Å². The molecule has 1 saturated heterocycles. The fourth-order valence-corrected chi connectivity index (χ4v) is 3.11. The summed E-state index contributed by atoms with van der Waals surface area (Å²) in [7, 11) is 0. The molecule has 2 atom stereocenters. The molecule has 4 nitrogen and oxygen atoms in total. The molecular weight excluding hydrogens is 250 g/mol. The minimum atomic E-state index is -0.799. The number of benzene rings is 1. The maximum absolute atomic E-state index is 10.9. The lowest BCUT2D eigenvalue weighted by atomic mass is 10.2. The first-order chi connectivity index (χ1) is 8.58. The van der Waals surface area contributed by atoms with Gasteiger partial charge in [-0.1, -0.05) is 18.2 Å². The number of carboxylic acid groups (broad SMARTS) is 1. The van der Waals surface area contributed by atoms with Crippen LogP contribution in [0, 0.1) is 0 Å². The molecule has 0 aliphatic carbocycles. The average Bonchev–Trinajstić information content (AvgIpc) is 2.78. The summed E-state index contributed by atoms with van der Waals surface area (Å²) >= 11 is 1.60. The minimum Gasteiger partial charge on any atom is -0.491 e. The maximum Gasteiger partial charge on any atom is 0.321 e. The predicted molar refractivity (Wildman–Crippen MR) is 72.0 cm³/mol. The van der Waals surface area contributed by atoms with Crippen molar-refractivity contribution >= 4 is 17.7 Å². The van der Waals surface area contributed by atoms with Gasteiger partial charge in [-0.2, -0.15) is 0 Å². The molecule has 1 aromatic rings. The first-order valence-corrected chi connectivity index (χ1v) is 6.99. The van der Waals surface area contributed by atoms with Crippen LogP contribution in [0.4, 0.5) is 0 Å². The lowest BCUT2D eigenvalue weighted by molar-refractivity contribution is -0.138. The fraction of sp³-hybridized carbons (Fsp3) is 0.462. The summed E-state index contributed by atoms with van der Waals surface area (Å²) in [5.41, 5.74) is 1.01. The lowest BCUT2D eigenvalue weighted by Gasteiger charge is -2.18. The minimum absolute atomic E-state index is 0.0129. The summed E-state index contributed by atoms with van der Waals surface area (Å²) in [5, 5.41) is 12.1. The largest absolute Gasteiger partial charge is 0.491 e. The van der Waals surface area contributed by atoms with Crippen LogP contribution in [0.1, 0.15) is 24.8 Å². The molecule has 2 N–H and O–H groups in total. The van der Waals surface area contributed by atoms with E-state index < -0.39 is 12.0 Å². The molecule has 98 valence electrons. The molecule has 1 aliphatic heterocycles. The topological polar surface area (TPSA) is 58.6 Å². The van der Waals surface area contributed by atoms with Crippen LogP contribution in [0.25, 0.3) is 0 Å². The van der Waals surface area contributed by atoms with Gasteiger partial charge in [0.15, 0.2) is 0 Å². The number of hydrogen-bond donors (Lipinski definition) is 2. The van der Waals surface area contributed by atoms with Crippen LogP contribution in [0.5, 0.6) is 5.75 Å². The van der Waals surface area contributed by atoms with Gasteiger partial charge in [0.25, 0.3) is 0 Å². The third-order valence-electron chi connectivity index (χ3n) is 2.64. The van der Waals surface area contributed by atoms with Crippen LogP contribution < -0.4 is 10.1 Å². The molecule has 2 unspecified atom stereocenters. The highest BCUT2D eigenvalue weighted by Gasteiger charge is 2.31. The summed E-state index contributed by atoms with van der Waals surface area (Å²) in [6, 6.07) is 7.29. The first-order valence-electron chi connectivity index (χ1n) is 5.94. The Balaban J connectivity index is 2.16. The van der Waals surface area contributed by atoms with Gasteiger partial charge in [-0.15, -0.1) is 11.8 Å². The van der Waals surface area contributed by atoms with Crippen molar-refractivity contribution in [1.29, 1.82) is 0 Å². The lowest BCUT2D eigenvalue weighted by Crippen LogP contribution is -2.33. The molecule has 1 heterocycles. The van der Waals surface area contributed by atoms with Crippen molar-refractivity contribution in [3.8, 4) is 5.75 Å². The second-order valence-electron chi connectivity index (χ2n) is 4.48. The molecule has 1 aromatic carbocycles. The molecule has 5 heteroatoms. The molecule has 18 heavy (non-hydrogen) atoms. The molecule has 0 saturated carbocycles. The van der Waals surface area contributed by atoms with E-state index in [0.717, 1.165) is 11.3 Å². The zero-order valence-electron chi connectivity index (χ0n) is 10.4. The van der Waals surface area contributed by atoms with Gasteiger partial charge < -0.3 is 9.84 Å². The van der Waals surface area contributed by atoms with Crippen LogP contribution in [-0.4, -0.2) is 29.0 Å². The van der Waals surface area contributed by atoms with Gasteiger partial charge >= 0.3 is 5.97 Å². The number of carbonyl (C=O) groups is 1. The van der Waals surface area contributed by atoms with Gasteiger partial charge in [-0.3, -0.25) is 10.1 Å². The molecule has 2 rings (SSSR count). The van der Waals surface area contributed by atoms with Crippen LogP contribution in [0.3, 0.4) is 0 Å². The van der Waals surface area contributed by atoms with Crippen molar-refractivity contribution in [3.63, 3.8) is 0 Å². The summed E-state index contributed by atoms with van der Waals surface area (Å²) in [6.07, 6.45) is 0.104. The number of para-hydroxylation sites is 1. The van der Waals surface area contributed by atoms with E-state index in [-0.39, 0.29) is 11.5 Å². The van der Waals surface area contributed by atoms with Gasteiger partial charge in [-0.05, 0) is 19.9 Å². The molecule has 0 radical (unpaired) electrons. The molecule has 0 amide bonds. The quantitative estimate of drug-likeness (QED) is 0.876. The van der Waals surface area contributed by atoms with E-state index in [9.17, 15) is 4.79 Å². The fourth-order valence-electron chi connectivity index (χ4n) is 1.85. The average molecular weight is 267 g/mol. The van der Waals surface area contributed by atoms with E-state index in [1.54, 1.807) is 11.8 Å². The molecule has 0 spiro atoms. The number of thioether (sulfide) groups is 1. The van der Waals surface area contributed by atoms with Gasteiger partial charge in [0.05, 0.1) is 11.5 Å². The third kappa shape index (κ3) is 2.97. The Morgan fingerprint density at radius 1 is 1.50 bits per heavy atom. The number of ether oxygens (including phenoxy) is 1. The Morgan fingerprint density at radius 2 is 2.22 bits per heavy atom. The van der Waals surface area contributed by atoms with Crippen molar-refractivity contribution in [2.45, 2.75) is 31.4 Å². The van der Waals surface area contributed by atoms with Crippen LogP contribution in [-0.2, 0) is 4.79 Å². The highest BCUT2D eigenvalue weighted by Crippen LogP contribution is 2.37. The number of carboxylic acids is 1.